The number of carbonyl (C=O) groups is 1. The Kier molecular flexibility index (Phi) is 5.67. The minimum absolute atomic E-state index is 0.00465. The third kappa shape index (κ3) is 4.19. The molecule has 1 saturated heterocycles. The summed E-state index contributed by atoms with van der Waals surface area (Å²) in [5, 5.41) is 14.7. The number of carboxylic acid groups (broad SMARTS) is 1. The van der Waals surface area contributed by atoms with Crippen LogP contribution >= 0.6 is 0 Å². The number of nitrogen functional groups attached to an aromatic ring is 1. The summed E-state index contributed by atoms with van der Waals surface area (Å²) in [6, 6.07) is 19.6. The Morgan fingerprint density at radius 1 is 1.15 bits per heavy atom. The van der Waals surface area contributed by atoms with Gasteiger partial charge in [0.1, 0.15) is 18.2 Å². The van der Waals surface area contributed by atoms with Gasteiger partial charge in [-0.2, -0.15) is 0 Å². The first kappa shape index (κ1) is 21.6. The van der Waals surface area contributed by atoms with Gasteiger partial charge in [0.2, 0.25) is 0 Å². The second-order valence-corrected chi connectivity index (χ2v) is 8.39. The van der Waals surface area contributed by atoms with E-state index in [1.807, 2.05) is 67.6 Å². The summed E-state index contributed by atoms with van der Waals surface area (Å²) in [5.41, 5.74) is 8.96. The summed E-state index contributed by atoms with van der Waals surface area (Å²) < 4.78 is 7.80. The second-order valence-electron chi connectivity index (χ2n) is 8.39. The number of ether oxygens (including phenoxy) is 1. The van der Waals surface area contributed by atoms with E-state index < -0.39 is 6.09 Å². The van der Waals surface area contributed by atoms with E-state index in [1.54, 1.807) is 10.9 Å². The number of piperazine rings is 1. The molecular weight excluding hydrogens is 432 g/mol. The van der Waals surface area contributed by atoms with Crippen LogP contribution in [0, 0.1) is 0 Å². The maximum atomic E-state index is 11.3. The molecule has 0 spiro atoms. The Morgan fingerprint density at radius 3 is 2.74 bits per heavy atom. The average Bonchev–Trinajstić information content (AvgIpc) is 3.19. The lowest BCUT2D eigenvalue weighted by atomic mass is 10.2. The summed E-state index contributed by atoms with van der Waals surface area (Å²) in [4.78, 5) is 19.4. The highest BCUT2D eigenvalue weighted by Crippen LogP contribution is 2.29. The fraction of sp³-hybridized carbons (Fsp3) is 0.240. The monoisotopic (exact) mass is 458 g/mol. The van der Waals surface area contributed by atoms with Gasteiger partial charge in [0.05, 0.1) is 11.2 Å². The van der Waals surface area contributed by atoms with Gasteiger partial charge in [0.25, 0.3) is 0 Å². The Labute approximate surface area is 197 Å². The number of fused-ring (bicyclic) bond motifs is 1. The zero-order valence-corrected chi connectivity index (χ0v) is 18.8. The number of hydrogen-bond acceptors (Lipinski definition) is 6. The van der Waals surface area contributed by atoms with Crippen molar-refractivity contribution in [3.8, 4) is 11.4 Å². The Bertz CT molecular complexity index is 1320. The van der Waals surface area contributed by atoms with E-state index in [1.165, 1.54) is 4.90 Å². The van der Waals surface area contributed by atoms with E-state index in [0.717, 1.165) is 33.7 Å². The average molecular weight is 459 g/mol. The summed E-state index contributed by atoms with van der Waals surface area (Å²) in [6.07, 6.45) is 0.845. The van der Waals surface area contributed by atoms with Gasteiger partial charge in [0.15, 0.2) is 5.82 Å². The Balaban J connectivity index is 1.43. The van der Waals surface area contributed by atoms with Crippen molar-refractivity contribution in [3.05, 3.63) is 72.4 Å². The molecule has 2 aromatic heterocycles. The van der Waals surface area contributed by atoms with Crippen LogP contribution in [0.1, 0.15) is 12.5 Å². The molecule has 1 aliphatic rings. The van der Waals surface area contributed by atoms with E-state index >= 15 is 0 Å². The van der Waals surface area contributed by atoms with Crippen LogP contribution in [0.15, 0.2) is 66.9 Å². The first-order valence-corrected chi connectivity index (χ1v) is 11.2. The molecule has 1 fully saturated rings. The van der Waals surface area contributed by atoms with Crippen molar-refractivity contribution < 1.29 is 14.6 Å². The van der Waals surface area contributed by atoms with E-state index in [2.05, 4.69) is 15.0 Å². The lowest BCUT2D eigenvalue weighted by Crippen LogP contribution is -2.53. The number of hydrogen-bond donors (Lipinski definition) is 2. The van der Waals surface area contributed by atoms with Crippen LogP contribution in [0.3, 0.4) is 0 Å². The lowest BCUT2D eigenvalue weighted by Gasteiger charge is -2.39. The standard InChI is InChI=1S/C25H26N6O3/c1-17-15-29(25(32)33)11-12-30(17)23-13-19(9-10-27-23)31-22-14-20(7-8-21(22)24(26)28-31)34-16-18-5-3-2-4-6-18/h2-10,13-14,17H,11-12,15-16H2,1H3,(H2,26,28)(H,32,33)/t17-/m0/s1. The molecule has 9 heteroatoms. The normalized spacial score (nSPS) is 16.1. The Hall–Kier alpha value is -4.27. The minimum Gasteiger partial charge on any atom is -0.489 e. The number of rotatable bonds is 5. The SMILES string of the molecule is C[C@H]1CN(C(=O)O)CCN1c1cc(-n2nc(N)c3ccc(OCc4ccccc4)cc32)ccn1. The maximum Gasteiger partial charge on any atom is 0.407 e. The molecule has 2 aromatic carbocycles. The summed E-state index contributed by atoms with van der Waals surface area (Å²) in [7, 11) is 0. The zero-order chi connectivity index (χ0) is 23.7. The van der Waals surface area contributed by atoms with Crippen LogP contribution in [-0.4, -0.2) is 56.5 Å². The number of nitrogens with two attached hydrogens (primary N) is 1. The zero-order valence-electron chi connectivity index (χ0n) is 18.8. The van der Waals surface area contributed by atoms with Gasteiger partial charge < -0.3 is 25.4 Å². The molecule has 0 radical (unpaired) electrons. The lowest BCUT2D eigenvalue weighted by molar-refractivity contribution is 0.136. The van der Waals surface area contributed by atoms with Crippen molar-refractivity contribution in [1.29, 1.82) is 0 Å². The number of benzene rings is 2. The van der Waals surface area contributed by atoms with E-state index in [0.29, 0.717) is 32.1 Å². The number of pyridine rings is 1. The maximum absolute atomic E-state index is 11.3. The fourth-order valence-electron chi connectivity index (χ4n) is 4.31. The van der Waals surface area contributed by atoms with Crippen molar-refractivity contribution in [2.75, 3.05) is 30.3 Å². The van der Waals surface area contributed by atoms with Crippen molar-refractivity contribution >= 4 is 28.6 Å². The molecule has 1 aliphatic heterocycles. The van der Waals surface area contributed by atoms with Crippen molar-refractivity contribution in [1.82, 2.24) is 19.7 Å². The van der Waals surface area contributed by atoms with E-state index in [4.69, 9.17) is 10.5 Å². The largest absolute Gasteiger partial charge is 0.489 e. The van der Waals surface area contributed by atoms with Gasteiger partial charge in [0, 0.05) is 49.4 Å². The van der Waals surface area contributed by atoms with E-state index in [-0.39, 0.29) is 6.04 Å². The molecule has 1 atom stereocenters. The van der Waals surface area contributed by atoms with Gasteiger partial charge >= 0.3 is 6.09 Å². The summed E-state index contributed by atoms with van der Waals surface area (Å²) in [5.74, 6) is 1.94. The van der Waals surface area contributed by atoms with Gasteiger partial charge in [-0.15, -0.1) is 5.10 Å². The molecule has 34 heavy (non-hydrogen) atoms. The smallest absolute Gasteiger partial charge is 0.407 e. The van der Waals surface area contributed by atoms with Crippen LogP contribution < -0.4 is 15.4 Å². The van der Waals surface area contributed by atoms with Crippen LogP contribution in [0.4, 0.5) is 16.4 Å². The molecule has 1 amide bonds. The number of aromatic nitrogens is 3. The van der Waals surface area contributed by atoms with Crippen LogP contribution in [-0.2, 0) is 6.61 Å². The predicted octanol–water partition coefficient (Wildman–Crippen LogP) is 3.77. The van der Waals surface area contributed by atoms with Crippen molar-refractivity contribution in [3.63, 3.8) is 0 Å². The molecule has 0 unspecified atom stereocenters. The first-order chi connectivity index (χ1) is 16.5. The van der Waals surface area contributed by atoms with Gasteiger partial charge in [-0.1, -0.05) is 30.3 Å². The highest BCUT2D eigenvalue weighted by molar-refractivity contribution is 5.91. The minimum atomic E-state index is -0.892. The third-order valence-electron chi connectivity index (χ3n) is 6.10. The first-order valence-electron chi connectivity index (χ1n) is 11.2. The molecule has 5 rings (SSSR count). The molecule has 4 aromatic rings. The van der Waals surface area contributed by atoms with Crippen LogP contribution in [0.2, 0.25) is 0 Å². The van der Waals surface area contributed by atoms with Crippen LogP contribution in [0.5, 0.6) is 5.75 Å². The molecule has 0 bridgehead atoms. The number of anilines is 2. The molecule has 0 aliphatic carbocycles. The van der Waals surface area contributed by atoms with Gasteiger partial charge in [-0.05, 0) is 30.7 Å². The topological polar surface area (TPSA) is 110 Å². The fourth-order valence-corrected chi connectivity index (χ4v) is 4.31. The van der Waals surface area contributed by atoms with Crippen molar-refractivity contribution in [2.45, 2.75) is 19.6 Å². The molecule has 9 nitrogen and oxygen atoms in total. The van der Waals surface area contributed by atoms with Gasteiger partial charge in [-0.25, -0.2) is 14.5 Å². The molecular formula is C25H26N6O3. The highest BCUT2D eigenvalue weighted by Gasteiger charge is 2.27. The molecule has 174 valence electrons. The predicted molar refractivity (Wildman–Crippen MR) is 130 cm³/mol. The molecule has 3 heterocycles. The Morgan fingerprint density at radius 2 is 1.97 bits per heavy atom. The number of nitrogens with zero attached hydrogens (tertiary/aromatic N) is 5. The molecule has 3 N–H and O–H groups in total. The summed E-state index contributed by atoms with van der Waals surface area (Å²) >= 11 is 0. The second kappa shape index (κ2) is 8.93. The third-order valence-corrected chi connectivity index (χ3v) is 6.10. The van der Waals surface area contributed by atoms with Crippen molar-refractivity contribution in [2.24, 2.45) is 0 Å². The summed E-state index contributed by atoms with van der Waals surface area (Å²) in [6.45, 7) is 3.91. The van der Waals surface area contributed by atoms with Crippen LogP contribution in [0.25, 0.3) is 16.6 Å². The van der Waals surface area contributed by atoms with Gasteiger partial charge in [-0.3, -0.25) is 0 Å². The quantitative estimate of drug-likeness (QED) is 0.468. The van der Waals surface area contributed by atoms with E-state index in [9.17, 15) is 9.90 Å². The highest BCUT2D eigenvalue weighted by atomic mass is 16.5. The molecule has 0 saturated carbocycles. The number of amides is 1.